The van der Waals surface area contributed by atoms with Crippen LogP contribution >= 0.6 is 0 Å². The molecule has 4 nitrogen and oxygen atoms in total. The van der Waals surface area contributed by atoms with Gasteiger partial charge in [-0.25, -0.2) is 0 Å². The highest BCUT2D eigenvalue weighted by Crippen LogP contribution is 2.33. The summed E-state index contributed by atoms with van der Waals surface area (Å²) < 4.78 is 5.68. The van der Waals surface area contributed by atoms with E-state index in [9.17, 15) is 4.79 Å². The molecule has 4 rings (SSSR count). The Morgan fingerprint density at radius 3 is 2.73 bits per heavy atom. The third kappa shape index (κ3) is 3.85. The van der Waals surface area contributed by atoms with E-state index in [1.165, 1.54) is 11.1 Å². The van der Waals surface area contributed by atoms with Crippen LogP contribution in [0.4, 0.5) is 0 Å². The Morgan fingerprint density at radius 2 is 1.96 bits per heavy atom. The summed E-state index contributed by atoms with van der Waals surface area (Å²) in [5.74, 6) is 2.88. The quantitative estimate of drug-likeness (QED) is 0.893. The van der Waals surface area contributed by atoms with E-state index < -0.39 is 0 Å². The molecule has 1 aliphatic carbocycles. The number of fused-ring (bicyclic) bond motifs is 1. The van der Waals surface area contributed by atoms with Gasteiger partial charge in [0, 0.05) is 6.54 Å². The Bertz CT molecular complexity index is 759. The van der Waals surface area contributed by atoms with Gasteiger partial charge in [0.25, 0.3) is 0 Å². The van der Waals surface area contributed by atoms with Crippen molar-refractivity contribution in [1.82, 2.24) is 10.2 Å². The Kier molecular flexibility index (Phi) is 5.11. The molecule has 0 spiro atoms. The normalized spacial score (nSPS) is 20.9. The lowest BCUT2D eigenvalue weighted by Gasteiger charge is -2.31. The predicted molar refractivity (Wildman–Crippen MR) is 102 cm³/mol. The molecule has 26 heavy (non-hydrogen) atoms. The van der Waals surface area contributed by atoms with Gasteiger partial charge in [0.15, 0.2) is 0 Å². The largest absolute Gasteiger partial charge is 0.465 e. The monoisotopic (exact) mass is 352 g/mol. The van der Waals surface area contributed by atoms with Gasteiger partial charge in [-0.05, 0) is 74.9 Å². The van der Waals surface area contributed by atoms with Crippen LogP contribution in [0.5, 0.6) is 0 Å². The second-order valence-electron chi connectivity index (χ2n) is 7.77. The number of benzene rings is 1. The number of furan rings is 1. The second-order valence-corrected chi connectivity index (χ2v) is 7.77. The Labute approximate surface area is 155 Å². The van der Waals surface area contributed by atoms with Crippen LogP contribution < -0.4 is 5.32 Å². The summed E-state index contributed by atoms with van der Waals surface area (Å²) >= 11 is 0. The smallest absolute Gasteiger partial charge is 0.227 e. The molecule has 1 aliphatic heterocycles. The van der Waals surface area contributed by atoms with Gasteiger partial charge in [-0.15, -0.1) is 0 Å². The van der Waals surface area contributed by atoms with Gasteiger partial charge in [-0.3, -0.25) is 9.69 Å². The van der Waals surface area contributed by atoms with Crippen LogP contribution in [-0.2, 0) is 17.8 Å². The zero-order valence-corrected chi connectivity index (χ0v) is 15.5. The van der Waals surface area contributed by atoms with Crippen molar-refractivity contribution in [2.24, 2.45) is 5.92 Å². The van der Waals surface area contributed by atoms with E-state index in [2.05, 4.69) is 34.5 Å². The minimum Gasteiger partial charge on any atom is -0.465 e. The number of nitrogens with zero attached hydrogens (tertiary/aromatic N) is 1. The maximum atomic E-state index is 12.6. The number of likely N-dealkylation sites (tertiary alicyclic amines) is 1. The van der Waals surface area contributed by atoms with Crippen molar-refractivity contribution >= 4 is 5.91 Å². The summed E-state index contributed by atoms with van der Waals surface area (Å²) in [6, 6.07) is 12.5. The van der Waals surface area contributed by atoms with E-state index in [0.29, 0.717) is 5.92 Å². The van der Waals surface area contributed by atoms with E-state index in [-0.39, 0.29) is 11.8 Å². The zero-order valence-electron chi connectivity index (χ0n) is 15.5. The van der Waals surface area contributed by atoms with Crippen molar-refractivity contribution in [2.45, 2.75) is 45.1 Å². The summed E-state index contributed by atoms with van der Waals surface area (Å²) in [6.45, 7) is 5.84. The van der Waals surface area contributed by atoms with E-state index in [1.807, 2.05) is 19.1 Å². The van der Waals surface area contributed by atoms with E-state index in [4.69, 9.17) is 4.42 Å². The van der Waals surface area contributed by atoms with Gasteiger partial charge in [-0.1, -0.05) is 24.3 Å². The number of piperidine rings is 1. The minimum atomic E-state index is 0.0495. The third-order valence-electron chi connectivity index (χ3n) is 5.90. The summed E-state index contributed by atoms with van der Waals surface area (Å²) in [5.41, 5.74) is 2.57. The molecule has 0 bridgehead atoms. The molecule has 1 N–H and O–H groups in total. The average molecular weight is 352 g/mol. The van der Waals surface area contributed by atoms with Crippen molar-refractivity contribution in [3.63, 3.8) is 0 Å². The molecule has 1 atom stereocenters. The number of carbonyl (C=O) groups is 1. The van der Waals surface area contributed by atoms with Gasteiger partial charge in [0.1, 0.15) is 11.5 Å². The van der Waals surface area contributed by atoms with Gasteiger partial charge in [0.2, 0.25) is 5.91 Å². The van der Waals surface area contributed by atoms with Crippen LogP contribution in [0.3, 0.4) is 0 Å². The highest BCUT2D eigenvalue weighted by molar-refractivity contribution is 5.84. The van der Waals surface area contributed by atoms with Crippen LogP contribution in [0.1, 0.15) is 47.8 Å². The predicted octanol–water partition coefficient (Wildman–Crippen LogP) is 3.65. The number of hydrogen-bond donors (Lipinski definition) is 1. The number of amides is 1. The topological polar surface area (TPSA) is 45.5 Å². The summed E-state index contributed by atoms with van der Waals surface area (Å²) in [5, 5.41) is 3.23. The number of carbonyl (C=O) groups excluding carboxylic acids is 1. The molecule has 0 radical (unpaired) electrons. The fraction of sp³-hybridized carbons (Fsp3) is 0.500. The van der Waals surface area contributed by atoms with Crippen LogP contribution in [-0.4, -0.2) is 30.4 Å². The Morgan fingerprint density at radius 1 is 1.15 bits per heavy atom. The first-order valence-electron chi connectivity index (χ1n) is 9.82. The summed E-state index contributed by atoms with van der Waals surface area (Å²) in [7, 11) is 0. The first-order chi connectivity index (χ1) is 12.7. The number of rotatable bonds is 5. The molecule has 138 valence electrons. The van der Waals surface area contributed by atoms with Crippen LogP contribution in [0.15, 0.2) is 40.8 Å². The van der Waals surface area contributed by atoms with Gasteiger partial charge in [0.05, 0.1) is 12.5 Å². The number of hydrogen-bond acceptors (Lipinski definition) is 3. The molecular weight excluding hydrogens is 324 g/mol. The van der Waals surface area contributed by atoms with Crippen molar-refractivity contribution in [2.75, 3.05) is 19.6 Å². The molecule has 1 amide bonds. The maximum absolute atomic E-state index is 12.6. The molecule has 2 aliphatic rings. The number of aryl methyl sites for hydroxylation is 2. The Balaban J connectivity index is 1.22. The van der Waals surface area contributed by atoms with E-state index in [1.54, 1.807) is 0 Å². The molecule has 1 saturated heterocycles. The molecule has 4 heteroatoms. The fourth-order valence-corrected chi connectivity index (χ4v) is 4.34. The molecule has 2 aromatic rings. The van der Waals surface area contributed by atoms with Crippen LogP contribution in [0.2, 0.25) is 0 Å². The lowest BCUT2D eigenvalue weighted by atomic mass is 9.95. The summed E-state index contributed by atoms with van der Waals surface area (Å²) in [4.78, 5) is 15.1. The lowest BCUT2D eigenvalue weighted by Crippen LogP contribution is -2.39. The zero-order chi connectivity index (χ0) is 17.9. The molecule has 1 aromatic carbocycles. The van der Waals surface area contributed by atoms with E-state index in [0.717, 1.165) is 63.4 Å². The molecular formula is C22H28N2O2. The molecule has 1 fully saturated rings. The highest BCUT2D eigenvalue weighted by atomic mass is 16.3. The molecule has 2 heterocycles. The van der Waals surface area contributed by atoms with Crippen molar-refractivity contribution in [1.29, 1.82) is 0 Å². The van der Waals surface area contributed by atoms with E-state index >= 15 is 0 Å². The highest BCUT2D eigenvalue weighted by Gasteiger charge is 2.29. The molecule has 0 unspecified atom stereocenters. The SMILES string of the molecule is Cc1ccc(CN2CCC(CNC(=O)[C@H]3CCc4ccccc43)CC2)o1. The standard InChI is InChI=1S/C22H28N2O2/c1-16-6-8-19(26-16)15-24-12-10-17(11-13-24)14-23-22(25)21-9-7-18-4-2-3-5-20(18)21/h2-6,8,17,21H,7,9-15H2,1H3,(H,23,25)/t21-/m0/s1. The first kappa shape index (κ1) is 17.3. The Hall–Kier alpha value is -2.07. The third-order valence-corrected chi connectivity index (χ3v) is 5.90. The van der Waals surface area contributed by atoms with Gasteiger partial charge < -0.3 is 9.73 Å². The second kappa shape index (κ2) is 7.67. The van der Waals surface area contributed by atoms with Crippen LogP contribution in [0.25, 0.3) is 0 Å². The van der Waals surface area contributed by atoms with Crippen LogP contribution in [0, 0.1) is 12.8 Å². The first-order valence-corrected chi connectivity index (χ1v) is 9.82. The fourth-order valence-electron chi connectivity index (χ4n) is 4.34. The molecule has 1 aromatic heterocycles. The average Bonchev–Trinajstić information content (AvgIpc) is 3.27. The minimum absolute atomic E-state index is 0.0495. The van der Waals surface area contributed by atoms with Gasteiger partial charge >= 0.3 is 0 Å². The molecule has 0 saturated carbocycles. The van der Waals surface area contributed by atoms with Crippen molar-refractivity contribution in [3.05, 3.63) is 59.0 Å². The van der Waals surface area contributed by atoms with Gasteiger partial charge in [-0.2, -0.15) is 0 Å². The maximum Gasteiger partial charge on any atom is 0.227 e. The van der Waals surface area contributed by atoms with Crippen molar-refractivity contribution < 1.29 is 9.21 Å². The van der Waals surface area contributed by atoms with Crippen molar-refractivity contribution in [3.8, 4) is 0 Å². The lowest BCUT2D eigenvalue weighted by molar-refractivity contribution is -0.122. The summed E-state index contributed by atoms with van der Waals surface area (Å²) in [6.07, 6.45) is 4.26. The number of nitrogens with one attached hydrogen (secondary N) is 1.